The van der Waals surface area contributed by atoms with Gasteiger partial charge in [0.1, 0.15) is 12.3 Å². The third-order valence-electron chi connectivity index (χ3n) is 5.59. The van der Waals surface area contributed by atoms with Crippen molar-refractivity contribution < 1.29 is 9.53 Å². The molecule has 25 heavy (non-hydrogen) atoms. The van der Waals surface area contributed by atoms with Crippen LogP contribution in [-0.2, 0) is 11.3 Å². The molecule has 0 spiro atoms. The van der Waals surface area contributed by atoms with Crippen molar-refractivity contribution in [2.45, 2.75) is 82.9 Å². The molecule has 136 valence electrons. The summed E-state index contributed by atoms with van der Waals surface area (Å²) in [4.78, 5) is 25.8. The molecule has 3 rings (SSSR count). The van der Waals surface area contributed by atoms with Gasteiger partial charge < -0.3 is 9.64 Å². The van der Waals surface area contributed by atoms with Crippen molar-refractivity contribution in [1.82, 2.24) is 4.90 Å². The van der Waals surface area contributed by atoms with E-state index in [4.69, 9.17) is 4.74 Å². The summed E-state index contributed by atoms with van der Waals surface area (Å²) in [5.74, 6) is 0. The Morgan fingerprint density at radius 1 is 0.960 bits per heavy atom. The maximum atomic E-state index is 12.9. The molecule has 0 bridgehead atoms. The van der Waals surface area contributed by atoms with Gasteiger partial charge in [-0.15, -0.1) is 4.91 Å². The number of benzene rings is 1. The van der Waals surface area contributed by atoms with E-state index in [-0.39, 0.29) is 12.7 Å². The summed E-state index contributed by atoms with van der Waals surface area (Å²) in [5, 5.41) is 3.02. The molecular weight excluding hydrogens is 316 g/mol. The first-order valence-electron chi connectivity index (χ1n) is 9.66. The van der Waals surface area contributed by atoms with E-state index in [0.29, 0.717) is 23.3 Å². The van der Waals surface area contributed by atoms with E-state index < -0.39 is 0 Å². The van der Waals surface area contributed by atoms with Gasteiger partial charge in [-0.05, 0) is 36.9 Å². The van der Waals surface area contributed by atoms with Crippen LogP contribution >= 0.6 is 0 Å². The van der Waals surface area contributed by atoms with E-state index in [1.807, 2.05) is 11.0 Å². The maximum Gasteiger partial charge on any atom is 0.410 e. The van der Waals surface area contributed by atoms with Gasteiger partial charge in [0.05, 0.1) is 0 Å². The first-order valence-corrected chi connectivity index (χ1v) is 9.66. The Labute approximate surface area is 149 Å². The highest BCUT2D eigenvalue weighted by atomic mass is 16.6. The van der Waals surface area contributed by atoms with Crippen LogP contribution in [0.25, 0.3) is 0 Å². The van der Waals surface area contributed by atoms with Gasteiger partial charge in [0.15, 0.2) is 0 Å². The van der Waals surface area contributed by atoms with Crippen molar-refractivity contribution in [3.63, 3.8) is 0 Å². The lowest BCUT2D eigenvalue weighted by Crippen LogP contribution is -2.48. The van der Waals surface area contributed by atoms with Gasteiger partial charge in [-0.25, -0.2) is 4.79 Å². The maximum absolute atomic E-state index is 12.9. The molecular formula is C20H28N2O3. The predicted octanol–water partition coefficient (Wildman–Crippen LogP) is 5.69. The summed E-state index contributed by atoms with van der Waals surface area (Å²) >= 11 is 0. The van der Waals surface area contributed by atoms with Gasteiger partial charge in [0, 0.05) is 17.6 Å². The van der Waals surface area contributed by atoms with Crippen molar-refractivity contribution in [3.05, 3.63) is 34.7 Å². The molecule has 0 N–H and O–H groups in total. The standard InChI is InChI=1S/C20H28N2O3/c23-20(25-15-16-9-7-8-14-19(16)21-24)22(17-10-3-1-4-11-17)18-12-5-2-6-13-18/h7-9,14,17-18H,1-6,10-13,15H2. The van der Waals surface area contributed by atoms with Crippen LogP contribution in [0.1, 0.15) is 69.8 Å². The summed E-state index contributed by atoms with van der Waals surface area (Å²) < 4.78 is 5.63. The lowest BCUT2D eigenvalue weighted by Gasteiger charge is -2.40. The van der Waals surface area contributed by atoms with Crippen LogP contribution in [-0.4, -0.2) is 23.1 Å². The number of carbonyl (C=O) groups is 1. The number of carbonyl (C=O) groups excluding carboxylic acids is 1. The summed E-state index contributed by atoms with van der Waals surface area (Å²) in [6.07, 6.45) is 11.4. The van der Waals surface area contributed by atoms with Gasteiger partial charge >= 0.3 is 6.09 Å². The minimum Gasteiger partial charge on any atom is -0.444 e. The highest BCUT2D eigenvalue weighted by Crippen LogP contribution is 2.31. The molecule has 0 unspecified atom stereocenters. The van der Waals surface area contributed by atoms with E-state index in [2.05, 4.69) is 5.18 Å². The average molecular weight is 344 g/mol. The molecule has 1 amide bonds. The average Bonchev–Trinajstić information content (AvgIpc) is 2.68. The molecule has 0 aromatic heterocycles. The number of amides is 1. The van der Waals surface area contributed by atoms with Crippen LogP contribution in [0.2, 0.25) is 0 Å². The normalized spacial score (nSPS) is 19.4. The fourth-order valence-electron chi connectivity index (χ4n) is 4.25. The summed E-state index contributed by atoms with van der Waals surface area (Å²) in [5.41, 5.74) is 1.01. The largest absolute Gasteiger partial charge is 0.444 e. The fraction of sp³-hybridized carbons (Fsp3) is 0.650. The van der Waals surface area contributed by atoms with Crippen molar-refractivity contribution in [2.24, 2.45) is 5.18 Å². The molecule has 1 aromatic carbocycles. The van der Waals surface area contributed by atoms with E-state index in [1.54, 1.807) is 18.2 Å². The first kappa shape index (κ1) is 17.9. The molecule has 1 aromatic rings. The van der Waals surface area contributed by atoms with E-state index in [0.717, 1.165) is 25.7 Å². The second-order valence-electron chi connectivity index (χ2n) is 7.27. The zero-order chi connectivity index (χ0) is 17.5. The van der Waals surface area contributed by atoms with Crippen molar-refractivity contribution in [2.75, 3.05) is 0 Å². The predicted molar refractivity (Wildman–Crippen MR) is 97.7 cm³/mol. The Morgan fingerprint density at radius 3 is 2.08 bits per heavy atom. The summed E-state index contributed by atoms with van der Waals surface area (Å²) in [6, 6.07) is 7.65. The lowest BCUT2D eigenvalue weighted by molar-refractivity contribution is 0.0417. The number of hydrogen-bond donors (Lipinski definition) is 0. The van der Waals surface area contributed by atoms with Gasteiger partial charge in [-0.2, -0.15) is 0 Å². The molecule has 5 heteroatoms. The zero-order valence-electron chi connectivity index (χ0n) is 14.9. The Balaban J connectivity index is 1.68. The van der Waals surface area contributed by atoms with E-state index in [9.17, 15) is 9.70 Å². The molecule has 5 nitrogen and oxygen atoms in total. The first-order chi connectivity index (χ1) is 12.3. The summed E-state index contributed by atoms with van der Waals surface area (Å²) in [6.45, 7) is 0.108. The molecule has 2 aliphatic carbocycles. The van der Waals surface area contributed by atoms with Crippen LogP contribution in [0, 0.1) is 4.91 Å². The minimum absolute atomic E-state index is 0.108. The van der Waals surface area contributed by atoms with Crippen molar-refractivity contribution >= 4 is 11.8 Å². The van der Waals surface area contributed by atoms with Gasteiger partial charge in [-0.3, -0.25) is 0 Å². The SMILES string of the molecule is O=Nc1ccccc1COC(=O)N(C1CCCCC1)C1CCCCC1. The fourth-order valence-corrected chi connectivity index (χ4v) is 4.25. The van der Waals surface area contributed by atoms with Gasteiger partial charge in [-0.1, -0.05) is 56.7 Å². The number of nitroso groups, excluding NO2 is 1. The number of hydrogen-bond acceptors (Lipinski definition) is 4. The molecule has 0 aliphatic heterocycles. The van der Waals surface area contributed by atoms with E-state index >= 15 is 0 Å². The van der Waals surface area contributed by atoms with Gasteiger partial charge in [0.25, 0.3) is 0 Å². The molecule has 2 saturated carbocycles. The molecule has 0 heterocycles. The summed E-state index contributed by atoms with van der Waals surface area (Å²) in [7, 11) is 0. The lowest BCUT2D eigenvalue weighted by atomic mass is 9.89. The topological polar surface area (TPSA) is 59.0 Å². The van der Waals surface area contributed by atoms with Crippen LogP contribution in [0.4, 0.5) is 10.5 Å². The van der Waals surface area contributed by atoms with Gasteiger partial charge in [0.2, 0.25) is 0 Å². The van der Waals surface area contributed by atoms with Crippen LogP contribution in [0.5, 0.6) is 0 Å². The second kappa shape index (κ2) is 8.97. The molecule has 0 radical (unpaired) electrons. The second-order valence-corrected chi connectivity index (χ2v) is 7.27. The van der Waals surface area contributed by atoms with E-state index in [1.165, 1.54) is 38.5 Å². The number of ether oxygens (including phenoxy) is 1. The van der Waals surface area contributed by atoms with Crippen molar-refractivity contribution in [1.29, 1.82) is 0 Å². The minimum atomic E-state index is -0.223. The smallest absolute Gasteiger partial charge is 0.410 e. The van der Waals surface area contributed by atoms with Crippen LogP contribution < -0.4 is 0 Å². The number of rotatable bonds is 5. The van der Waals surface area contributed by atoms with Crippen LogP contribution in [0.3, 0.4) is 0 Å². The quantitative estimate of drug-likeness (QED) is 0.645. The van der Waals surface area contributed by atoms with Crippen LogP contribution in [0.15, 0.2) is 29.4 Å². The third kappa shape index (κ3) is 4.59. The Morgan fingerprint density at radius 2 is 1.52 bits per heavy atom. The molecule has 0 atom stereocenters. The van der Waals surface area contributed by atoms with Crippen molar-refractivity contribution in [3.8, 4) is 0 Å². The zero-order valence-corrected chi connectivity index (χ0v) is 14.9. The Hall–Kier alpha value is -1.91. The third-order valence-corrected chi connectivity index (χ3v) is 5.59. The monoisotopic (exact) mass is 344 g/mol. The highest BCUT2D eigenvalue weighted by Gasteiger charge is 2.33. The Bertz CT molecular complexity index is 560. The molecule has 2 fully saturated rings. The molecule has 0 saturated heterocycles. The highest BCUT2D eigenvalue weighted by molar-refractivity contribution is 5.69. The number of nitrogens with zero attached hydrogens (tertiary/aromatic N) is 2. The molecule has 2 aliphatic rings. The Kier molecular flexibility index (Phi) is 6.42.